The van der Waals surface area contributed by atoms with Crippen LogP contribution in [0.5, 0.6) is 0 Å². The van der Waals surface area contributed by atoms with E-state index in [4.69, 9.17) is 5.26 Å². The fraction of sp³-hybridized carbons (Fsp3) is 0.391. The van der Waals surface area contributed by atoms with Gasteiger partial charge in [-0.2, -0.15) is 5.26 Å². The van der Waals surface area contributed by atoms with Gasteiger partial charge in [0.05, 0.1) is 6.07 Å². The van der Waals surface area contributed by atoms with Gasteiger partial charge in [-0.15, -0.1) is 0 Å². The highest BCUT2D eigenvalue weighted by Crippen LogP contribution is 2.30. The molecule has 2 saturated heterocycles. The van der Waals surface area contributed by atoms with Crippen LogP contribution in [0.15, 0.2) is 48.5 Å². The van der Waals surface area contributed by atoms with Crippen molar-refractivity contribution in [3.8, 4) is 17.2 Å². The number of rotatable bonds is 5. The molecule has 1 amide bonds. The molecule has 2 heterocycles. The van der Waals surface area contributed by atoms with E-state index in [1.807, 2.05) is 6.07 Å². The Morgan fingerprint density at radius 2 is 1.86 bits per heavy atom. The summed E-state index contributed by atoms with van der Waals surface area (Å²) in [5, 5.41) is 14.8. The van der Waals surface area contributed by atoms with Gasteiger partial charge in [0.1, 0.15) is 12.6 Å². The Kier molecular flexibility index (Phi) is 5.97. The number of hydrogen-bond donors (Lipinski definition) is 2. The lowest BCUT2D eigenvalue weighted by molar-refractivity contribution is -0.121. The second-order valence-corrected chi connectivity index (χ2v) is 7.56. The van der Waals surface area contributed by atoms with Crippen LogP contribution in [0, 0.1) is 11.3 Å². The van der Waals surface area contributed by atoms with E-state index in [0.29, 0.717) is 0 Å². The maximum absolute atomic E-state index is 12.4. The molecule has 0 aliphatic carbocycles. The molecule has 2 aliphatic rings. The Hall–Kier alpha value is -3.04. The third-order valence-corrected chi connectivity index (χ3v) is 5.76. The largest absolute Gasteiger partial charge is 0.369 e. The highest BCUT2D eigenvalue weighted by molar-refractivity contribution is 5.86. The third-order valence-electron chi connectivity index (χ3n) is 5.76. The Balaban J connectivity index is 1.51. The summed E-state index contributed by atoms with van der Waals surface area (Å²) in [5.74, 6) is -0.0603. The van der Waals surface area contributed by atoms with Crippen molar-refractivity contribution in [2.75, 3.05) is 49.1 Å². The molecule has 6 heteroatoms. The smallest absolute Gasteiger partial charge is 0.243 e. The zero-order valence-electron chi connectivity index (χ0n) is 16.6. The lowest BCUT2D eigenvalue weighted by atomic mass is 10.0. The van der Waals surface area contributed by atoms with E-state index in [9.17, 15) is 4.79 Å². The lowest BCUT2D eigenvalue weighted by Crippen LogP contribution is -2.43. The van der Waals surface area contributed by atoms with Gasteiger partial charge in [-0.3, -0.25) is 4.79 Å². The van der Waals surface area contributed by atoms with Gasteiger partial charge in [-0.25, -0.2) is 0 Å². The van der Waals surface area contributed by atoms with E-state index in [1.165, 1.54) is 11.3 Å². The summed E-state index contributed by atoms with van der Waals surface area (Å²) in [4.78, 5) is 17.0. The summed E-state index contributed by atoms with van der Waals surface area (Å²) < 4.78 is 0. The molecule has 0 unspecified atom stereocenters. The predicted molar refractivity (Wildman–Crippen MR) is 116 cm³/mol. The van der Waals surface area contributed by atoms with Gasteiger partial charge in [0.15, 0.2) is 0 Å². The van der Waals surface area contributed by atoms with Crippen LogP contribution in [0.1, 0.15) is 12.8 Å². The number of amides is 1. The van der Waals surface area contributed by atoms with Crippen LogP contribution in [0.2, 0.25) is 0 Å². The number of hydrogen-bond acceptors (Lipinski definition) is 5. The molecule has 6 nitrogen and oxygen atoms in total. The Labute approximate surface area is 172 Å². The average molecular weight is 390 g/mol. The Bertz CT molecular complexity index is 883. The van der Waals surface area contributed by atoms with Crippen LogP contribution in [0.3, 0.4) is 0 Å². The number of carbonyl (C=O) groups is 1. The Morgan fingerprint density at radius 3 is 2.62 bits per heavy atom. The molecule has 1 atom stereocenters. The van der Waals surface area contributed by atoms with Crippen molar-refractivity contribution in [2.45, 2.75) is 18.9 Å². The van der Waals surface area contributed by atoms with Crippen molar-refractivity contribution < 1.29 is 4.79 Å². The molecule has 150 valence electrons. The average Bonchev–Trinajstić information content (AvgIpc) is 3.28. The minimum atomic E-state index is -0.200. The highest BCUT2D eigenvalue weighted by atomic mass is 16.2. The van der Waals surface area contributed by atoms with Crippen LogP contribution >= 0.6 is 0 Å². The normalized spacial score (nSPS) is 19.1. The first kappa shape index (κ1) is 19.3. The number of nitrogens with zero attached hydrogens (tertiary/aromatic N) is 3. The maximum Gasteiger partial charge on any atom is 0.243 e. The van der Waals surface area contributed by atoms with Crippen molar-refractivity contribution in [2.24, 2.45) is 0 Å². The topological polar surface area (TPSA) is 71.4 Å². The molecule has 0 spiro atoms. The molecular weight excluding hydrogens is 362 g/mol. The van der Waals surface area contributed by atoms with E-state index in [-0.39, 0.29) is 18.5 Å². The number of anilines is 2. The van der Waals surface area contributed by atoms with Crippen molar-refractivity contribution in [1.29, 1.82) is 5.26 Å². The summed E-state index contributed by atoms with van der Waals surface area (Å²) in [6, 6.07) is 18.9. The molecule has 2 aliphatic heterocycles. The minimum Gasteiger partial charge on any atom is -0.369 e. The van der Waals surface area contributed by atoms with Crippen molar-refractivity contribution >= 4 is 17.3 Å². The van der Waals surface area contributed by atoms with Gasteiger partial charge in [0.2, 0.25) is 5.91 Å². The van der Waals surface area contributed by atoms with Gasteiger partial charge in [0, 0.05) is 44.1 Å². The standard InChI is InChI=1S/C23H27N5O/c24-10-11-26-23(29)22-5-2-14-28(22)21-4-1-3-19(17-21)18-6-8-20(9-7-18)27-15-12-25-13-16-27/h1,3-4,6-9,17,22,25H,2,5,11-16H2,(H,26,29)/t22-/m0/s1. The first-order valence-electron chi connectivity index (χ1n) is 10.3. The summed E-state index contributed by atoms with van der Waals surface area (Å²) in [7, 11) is 0. The van der Waals surface area contributed by atoms with E-state index in [1.54, 1.807) is 0 Å². The molecule has 2 fully saturated rings. The second-order valence-electron chi connectivity index (χ2n) is 7.56. The second kappa shape index (κ2) is 8.97. The van der Waals surface area contributed by atoms with Crippen molar-refractivity contribution in [1.82, 2.24) is 10.6 Å². The highest BCUT2D eigenvalue weighted by Gasteiger charge is 2.30. The molecule has 4 rings (SSSR count). The monoisotopic (exact) mass is 389 g/mol. The quantitative estimate of drug-likeness (QED) is 0.769. The summed E-state index contributed by atoms with van der Waals surface area (Å²) >= 11 is 0. The van der Waals surface area contributed by atoms with E-state index in [2.05, 4.69) is 69.0 Å². The molecule has 29 heavy (non-hydrogen) atoms. The van der Waals surface area contributed by atoms with Crippen LogP contribution in [0.4, 0.5) is 11.4 Å². The molecule has 0 aromatic heterocycles. The maximum atomic E-state index is 12.4. The van der Waals surface area contributed by atoms with E-state index in [0.717, 1.165) is 56.8 Å². The van der Waals surface area contributed by atoms with E-state index < -0.39 is 0 Å². The summed E-state index contributed by atoms with van der Waals surface area (Å²) in [5.41, 5.74) is 4.65. The molecule has 2 aromatic rings. The van der Waals surface area contributed by atoms with Crippen LogP contribution in [-0.4, -0.2) is 51.2 Å². The zero-order valence-corrected chi connectivity index (χ0v) is 16.6. The van der Waals surface area contributed by atoms with Crippen LogP contribution in [-0.2, 0) is 4.79 Å². The van der Waals surface area contributed by atoms with E-state index >= 15 is 0 Å². The van der Waals surface area contributed by atoms with Gasteiger partial charge in [0.25, 0.3) is 0 Å². The first-order chi connectivity index (χ1) is 14.3. The summed E-state index contributed by atoms with van der Waals surface area (Å²) in [6.07, 6.45) is 1.80. The summed E-state index contributed by atoms with van der Waals surface area (Å²) in [6.45, 7) is 5.06. The van der Waals surface area contributed by atoms with Gasteiger partial charge in [-0.1, -0.05) is 24.3 Å². The Morgan fingerprint density at radius 1 is 1.07 bits per heavy atom. The number of nitrogens with one attached hydrogen (secondary N) is 2. The molecule has 0 bridgehead atoms. The third kappa shape index (κ3) is 4.36. The van der Waals surface area contributed by atoms with Gasteiger partial charge in [-0.05, 0) is 48.2 Å². The minimum absolute atomic E-state index is 0.0582. The SMILES string of the molecule is N#CCNC(=O)[C@@H]1CCCN1c1cccc(-c2ccc(N3CCNCC3)cc2)c1. The van der Waals surface area contributed by atoms with Crippen LogP contribution in [0.25, 0.3) is 11.1 Å². The molecule has 2 aromatic carbocycles. The van der Waals surface area contributed by atoms with Crippen molar-refractivity contribution in [3.05, 3.63) is 48.5 Å². The number of benzene rings is 2. The predicted octanol–water partition coefficient (Wildman–Crippen LogP) is 2.37. The van der Waals surface area contributed by atoms with Crippen molar-refractivity contribution in [3.63, 3.8) is 0 Å². The number of piperazine rings is 1. The molecule has 2 N–H and O–H groups in total. The van der Waals surface area contributed by atoms with Gasteiger partial charge < -0.3 is 20.4 Å². The number of carbonyl (C=O) groups excluding carboxylic acids is 1. The lowest BCUT2D eigenvalue weighted by Gasteiger charge is -2.29. The molecule has 0 saturated carbocycles. The zero-order chi connectivity index (χ0) is 20.1. The fourth-order valence-electron chi connectivity index (χ4n) is 4.24. The fourth-order valence-corrected chi connectivity index (χ4v) is 4.24. The molecule has 0 radical (unpaired) electrons. The first-order valence-corrected chi connectivity index (χ1v) is 10.3. The molecular formula is C23H27N5O. The van der Waals surface area contributed by atoms with Gasteiger partial charge >= 0.3 is 0 Å². The van der Waals surface area contributed by atoms with Crippen LogP contribution < -0.4 is 20.4 Å². The number of nitriles is 1.